The molecule has 5 nitrogen and oxygen atoms in total. The van der Waals surface area contributed by atoms with E-state index < -0.39 is 0 Å². The molecule has 0 unspecified atom stereocenters. The monoisotopic (exact) mass is 513 g/mol. The highest BCUT2D eigenvalue weighted by Gasteiger charge is 2.43. The fourth-order valence-corrected chi connectivity index (χ4v) is 5.80. The Balaban J connectivity index is 1.62. The summed E-state index contributed by atoms with van der Waals surface area (Å²) in [4.78, 5) is 8.86. The molecule has 2 atom stereocenters. The number of anilines is 2. The van der Waals surface area contributed by atoms with E-state index in [1.807, 2.05) is 29.2 Å². The number of aryl methyl sites for hydroxylation is 1. The van der Waals surface area contributed by atoms with Crippen LogP contribution in [0.4, 0.5) is 15.8 Å². The minimum Gasteiger partial charge on any atom is -0.372 e. The molecule has 1 aliphatic heterocycles. The summed E-state index contributed by atoms with van der Waals surface area (Å²) in [6.07, 6.45) is 1.78. The molecule has 0 saturated carbocycles. The molecule has 2 aromatic heterocycles. The van der Waals surface area contributed by atoms with Crippen molar-refractivity contribution in [3.05, 3.63) is 107 Å². The lowest BCUT2D eigenvalue weighted by atomic mass is 9.96. The van der Waals surface area contributed by atoms with Gasteiger partial charge in [0.15, 0.2) is 5.11 Å². The van der Waals surface area contributed by atoms with Gasteiger partial charge in [-0.05, 0) is 100 Å². The molecule has 0 aliphatic carbocycles. The summed E-state index contributed by atoms with van der Waals surface area (Å²) < 4.78 is 17.4. The summed E-state index contributed by atoms with van der Waals surface area (Å²) in [5.74, 6) is -0.306. The fourth-order valence-electron chi connectivity index (χ4n) is 5.46. The van der Waals surface area contributed by atoms with Crippen LogP contribution < -0.4 is 15.1 Å². The molecule has 0 spiro atoms. The Kier molecular flexibility index (Phi) is 6.98. The van der Waals surface area contributed by atoms with Crippen LogP contribution in [0.1, 0.15) is 48.6 Å². The van der Waals surface area contributed by atoms with Crippen LogP contribution in [0.25, 0.3) is 5.69 Å². The van der Waals surface area contributed by atoms with E-state index in [-0.39, 0.29) is 17.9 Å². The molecule has 1 saturated heterocycles. The van der Waals surface area contributed by atoms with Crippen molar-refractivity contribution in [3.8, 4) is 5.69 Å². The quantitative estimate of drug-likeness (QED) is 0.280. The number of nitrogens with one attached hydrogen (secondary N) is 1. The zero-order valence-corrected chi connectivity index (χ0v) is 22.5. The molecule has 5 rings (SSSR count). The molecule has 3 heterocycles. The SMILES string of the molecule is CCN(CC)c1ccc(-n2c(C)cc([C@H]3[C@H](c4ccccn4)NC(=S)N3c3ccccc3F)c2C)cc1. The van der Waals surface area contributed by atoms with Crippen molar-refractivity contribution in [3.63, 3.8) is 0 Å². The Morgan fingerprint density at radius 3 is 2.32 bits per heavy atom. The van der Waals surface area contributed by atoms with Crippen LogP contribution in [0, 0.1) is 19.7 Å². The molecule has 190 valence electrons. The van der Waals surface area contributed by atoms with Gasteiger partial charge in [0.05, 0.1) is 23.5 Å². The van der Waals surface area contributed by atoms with Crippen molar-refractivity contribution in [2.45, 2.75) is 39.8 Å². The predicted molar refractivity (Wildman–Crippen MR) is 153 cm³/mol. The van der Waals surface area contributed by atoms with Gasteiger partial charge >= 0.3 is 0 Å². The van der Waals surface area contributed by atoms with Gasteiger partial charge in [-0.25, -0.2) is 4.39 Å². The molecule has 0 amide bonds. The summed E-state index contributed by atoms with van der Waals surface area (Å²) in [6.45, 7) is 10.5. The summed E-state index contributed by atoms with van der Waals surface area (Å²) in [6, 6.07) is 23.0. The number of pyridine rings is 1. The lowest BCUT2D eigenvalue weighted by molar-refractivity contribution is 0.556. The maximum Gasteiger partial charge on any atom is 0.174 e. The highest BCUT2D eigenvalue weighted by molar-refractivity contribution is 7.80. The van der Waals surface area contributed by atoms with Crippen molar-refractivity contribution in [1.82, 2.24) is 14.9 Å². The Labute approximate surface area is 223 Å². The standard InChI is InChI=1S/C30H32FN5S/c1-5-34(6-2)22-14-16-23(17-15-22)35-20(3)19-24(21(35)4)29-28(26-12-9-10-18-32-26)33-30(37)36(29)27-13-8-7-11-25(27)31/h7-19,28-29H,5-6H2,1-4H3,(H,33,37)/t28-,29-/m0/s1. The third-order valence-corrected chi connectivity index (χ3v) is 7.55. The molecule has 1 aliphatic rings. The van der Waals surface area contributed by atoms with Crippen LogP contribution in [0.2, 0.25) is 0 Å². The van der Waals surface area contributed by atoms with Gasteiger partial charge in [0.1, 0.15) is 5.82 Å². The van der Waals surface area contributed by atoms with Gasteiger partial charge in [-0.3, -0.25) is 4.98 Å². The first-order valence-electron chi connectivity index (χ1n) is 12.7. The van der Waals surface area contributed by atoms with E-state index in [0.29, 0.717) is 10.8 Å². The molecule has 1 N–H and O–H groups in total. The van der Waals surface area contributed by atoms with Crippen LogP contribution in [-0.4, -0.2) is 27.8 Å². The zero-order valence-electron chi connectivity index (χ0n) is 21.6. The second kappa shape index (κ2) is 10.3. The van der Waals surface area contributed by atoms with Crippen LogP contribution >= 0.6 is 12.2 Å². The van der Waals surface area contributed by atoms with Crippen molar-refractivity contribution < 1.29 is 4.39 Å². The highest BCUT2D eigenvalue weighted by atomic mass is 32.1. The number of halogens is 1. The van der Waals surface area contributed by atoms with Gasteiger partial charge in [-0.1, -0.05) is 18.2 Å². The molecule has 0 bridgehead atoms. The van der Waals surface area contributed by atoms with Crippen molar-refractivity contribution in [2.75, 3.05) is 22.9 Å². The number of rotatable bonds is 7. The van der Waals surface area contributed by atoms with Crippen molar-refractivity contribution >= 4 is 28.7 Å². The second-order valence-electron chi connectivity index (χ2n) is 9.30. The second-order valence-corrected chi connectivity index (χ2v) is 9.69. The smallest absolute Gasteiger partial charge is 0.174 e. The lowest BCUT2D eigenvalue weighted by Gasteiger charge is -2.28. The minimum absolute atomic E-state index is 0.229. The van der Waals surface area contributed by atoms with Crippen LogP contribution in [0.5, 0.6) is 0 Å². The number of para-hydroxylation sites is 1. The van der Waals surface area contributed by atoms with E-state index in [2.05, 4.69) is 77.8 Å². The largest absolute Gasteiger partial charge is 0.372 e. The summed E-state index contributed by atoms with van der Waals surface area (Å²) in [7, 11) is 0. The molecule has 2 aromatic carbocycles. The van der Waals surface area contributed by atoms with E-state index in [9.17, 15) is 0 Å². The summed E-state index contributed by atoms with van der Waals surface area (Å²) in [5, 5.41) is 3.92. The van der Waals surface area contributed by atoms with Gasteiger partial charge in [-0.15, -0.1) is 0 Å². The first-order valence-corrected chi connectivity index (χ1v) is 13.1. The maximum atomic E-state index is 15.1. The third-order valence-electron chi connectivity index (χ3n) is 7.24. The van der Waals surface area contributed by atoms with E-state index in [4.69, 9.17) is 12.2 Å². The van der Waals surface area contributed by atoms with Gasteiger partial charge in [0.25, 0.3) is 0 Å². The van der Waals surface area contributed by atoms with E-state index in [1.54, 1.807) is 18.3 Å². The fraction of sp³-hybridized carbons (Fsp3) is 0.267. The molecule has 7 heteroatoms. The number of aromatic nitrogens is 2. The van der Waals surface area contributed by atoms with Gasteiger partial charge < -0.3 is 19.7 Å². The Hall–Kier alpha value is -3.71. The van der Waals surface area contributed by atoms with Crippen LogP contribution in [0.15, 0.2) is 79.0 Å². The lowest BCUT2D eigenvalue weighted by Crippen LogP contribution is -2.30. The van der Waals surface area contributed by atoms with Gasteiger partial charge in [0, 0.05) is 42.0 Å². The molecule has 1 fully saturated rings. The molecule has 0 radical (unpaired) electrons. The Morgan fingerprint density at radius 2 is 1.68 bits per heavy atom. The first-order chi connectivity index (χ1) is 17.9. The average molecular weight is 514 g/mol. The van der Waals surface area contributed by atoms with E-state index >= 15 is 4.39 Å². The molecular weight excluding hydrogens is 481 g/mol. The van der Waals surface area contributed by atoms with E-state index in [0.717, 1.165) is 41.4 Å². The Bertz CT molecular complexity index is 1400. The summed E-state index contributed by atoms with van der Waals surface area (Å²) >= 11 is 5.78. The minimum atomic E-state index is -0.306. The average Bonchev–Trinajstić information content (AvgIpc) is 3.41. The van der Waals surface area contributed by atoms with Crippen LogP contribution in [-0.2, 0) is 0 Å². The molecular formula is C30H32FN5S. The molecule has 4 aromatic rings. The maximum absolute atomic E-state index is 15.1. The van der Waals surface area contributed by atoms with Crippen molar-refractivity contribution in [2.24, 2.45) is 0 Å². The number of hydrogen-bond donors (Lipinski definition) is 1. The third kappa shape index (κ3) is 4.48. The highest BCUT2D eigenvalue weighted by Crippen LogP contribution is 2.44. The first kappa shape index (κ1) is 25.0. The molecule has 37 heavy (non-hydrogen) atoms. The normalized spacial score (nSPS) is 17.2. The van der Waals surface area contributed by atoms with Gasteiger partial charge in [-0.2, -0.15) is 0 Å². The number of benzene rings is 2. The van der Waals surface area contributed by atoms with Crippen LogP contribution in [0.3, 0.4) is 0 Å². The predicted octanol–water partition coefficient (Wildman–Crippen LogP) is 6.65. The van der Waals surface area contributed by atoms with Gasteiger partial charge in [0.2, 0.25) is 0 Å². The number of hydrogen-bond acceptors (Lipinski definition) is 3. The number of nitrogens with zero attached hydrogens (tertiary/aromatic N) is 4. The summed E-state index contributed by atoms with van der Waals surface area (Å²) in [5.41, 5.74) is 6.90. The number of thiocarbonyl (C=S) groups is 1. The zero-order chi connectivity index (χ0) is 26.1. The topological polar surface area (TPSA) is 36.3 Å². The van der Waals surface area contributed by atoms with E-state index in [1.165, 1.54) is 11.8 Å². The Morgan fingerprint density at radius 1 is 0.973 bits per heavy atom. The van der Waals surface area contributed by atoms with Crippen molar-refractivity contribution in [1.29, 1.82) is 0 Å².